The number of nitrogens with zero attached hydrogens (tertiary/aromatic N) is 6. The summed E-state index contributed by atoms with van der Waals surface area (Å²) >= 11 is 14.5. The predicted octanol–water partition coefficient (Wildman–Crippen LogP) is 13.5. The molecule has 0 aliphatic rings. The monoisotopic (exact) mass is 1100 g/mol. The van der Waals surface area contributed by atoms with Gasteiger partial charge in [-0.3, -0.25) is 0 Å². The molecule has 3 heterocycles. The number of ether oxygens (including phenoxy) is 2. The molecule has 21 heteroatoms. The van der Waals surface area contributed by atoms with Crippen LogP contribution in [-0.4, -0.2) is 57.1 Å². The SMILES string of the molecule is ClP(Cl)(c1ccccc1)(c1ccccc1)c1ccccc1.FC(F)(F)Cc1nnc2ccc(-c3ccc(Oc4ccccc4)cc3)nn12.NNc1ccc(-c2ccc(Oc3ccccc3)cc2)nn1.O=CCC(F)(F)F.[B]. The summed E-state index contributed by atoms with van der Waals surface area (Å²) in [7, 11) is 0. The van der Waals surface area contributed by atoms with Gasteiger partial charge in [-0.15, -0.1) is 20.4 Å². The molecule has 0 fully saturated rings. The van der Waals surface area contributed by atoms with E-state index in [1.807, 2.05) is 182 Å². The Morgan fingerprint density at radius 1 is 0.494 bits per heavy atom. The molecule has 11 nitrogen and oxygen atoms in total. The summed E-state index contributed by atoms with van der Waals surface area (Å²) in [6.45, 7) is 0. The van der Waals surface area contributed by atoms with E-state index in [-0.39, 0.29) is 26.2 Å². The van der Waals surface area contributed by atoms with Crippen LogP contribution in [0.4, 0.5) is 32.2 Å². The van der Waals surface area contributed by atoms with Gasteiger partial charge in [0.05, 0.1) is 17.8 Å². The summed E-state index contributed by atoms with van der Waals surface area (Å²) in [6, 6.07) is 70.6. The van der Waals surface area contributed by atoms with Crippen molar-refractivity contribution in [2.24, 2.45) is 5.84 Å². The first kappa shape index (κ1) is 58.1. The number of nitrogens with two attached hydrogens (primary N) is 1. The Hall–Kier alpha value is -8.15. The number of carbonyl (C=O) groups excluding carboxylic acids is 1. The number of hydrazine groups is 1. The Morgan fingerprint density at radius 3 is 1.26 bits per heavy atom. The van der Waals surface area contributed by atoms with E-state index < -0.39 is 30.5 Å². The minimum atomic E-state index is -4.38. The number of aldehydes is 1. The van der Waals surface area contributed by atoms with Crippen molar-refractivity contribution in [2.75, 3.05) is 5.43 Å². The first-order chi connectivity index (χ1) is 36.5. The maximum absolute atomic E-state index is 12.7. The topological polar surface area (TPSA) is 142 Å². The number of para-hydroxylation sites is 2. The summed E-state index contributed by atoms with van der Waals surface area (Å²) < 4.78 is 83.1. The fourth-order valence-electron chi connectivity index (χ4n) is 7.09. The van der Waals surface area contributed by atoms with Gasteiger partial charge in [-0.1, -0.05) is 36.4 Å². The second-order valence-electron chi connectivity index (χ2n) is 16.1. The van der Waals surface area contributed by atoms with Crippen molar-refractivity contribution in [2.45, 2.75) is 25.2 Å². The van der Waals surface area contributed by atoms with Crippen LogP contribution in [0.1, 0.15) is 12.2 Å². The Labute approximate surface area is 450 Å². The molecule has 7 aromatic carbocycles. The molecule has 3 radical (unpaired) electrons. The van der Waals surface area contributed by atoms with Crippen LogP contribution in [0.5, 0.6) is 23.0 Å². The summed E-state index contributed by atoms with van der Waals surface area (Å²) in [5.74, 6) is 8.49. The van der Waals surface area contributed by atoms with Crippen LogP contribution in [0.25, 0.3) is 28.2 Å². The summed E-state index contributed by atoms with van der Waals surface area (Å²) in [6.07, 6.45) is -11.4. The van der Waals surface area contributed by atoms with Crippen molar-refractivity contribution in [3.63, 3.8) is 0 Å². The van der Waals surface area contributed by atoms with Gasteiger partial charge in [-0.25, -0.2) is 5.84 Å². The Bertz CT molecular complexity index is 3280. The molecule has 0 saturated heterocycles. The molecular weight excluding hydrogens is 1060 g/mol. The van der Waals surface area contributed by atoms with E-state index in [9.17, 15) is 26.3 Å². The molecule has 3 N–H and O–H groups in total. The molecule has 77 heavy (non-hydrogen) atoms. The number of nitrogens with one attached hydrogen (secondary N) is 1. The zero-order valence-electron chi connectivity index (χ0n) is 40.4. The quantitative estimate of drug-likeness (QED) is 0.0303. The number of fused-ring (bicyclic) bond motifs is 1. The van der Waals surface area contributed by atoms with Crippen LogP contribution in [0.3, 0.4) is 0 Å². The Kier molecular flexibility index (Phi) is 20.0. The average Bonchev–Trinajstić information content (AvgIpc) is 3.89. The zero-order chi connectivity index (χ0) is 54.0. The van der Waals surface area contributed by atoms with Gasteiger partial charge in [0.2, 0.25) is 0 Å². The Morgan fingerprint density at radius 2 is 0.896 bits per heavy atom. The van der Waals surface area contributed by atoms with Gasteiger partial charge in [0.1, 0.15) is 35.7 Å². The van der Waals surface area contributed by atoms with Gasteiger partial charge in [0, 0.05) is 19.5 Å². The van der Waals surface area contributed by atoms with Gasteiger partial charge >= 0.3 is 147 Å². The molecule has 0 aliphatic carbocycles. The fraction of sp³-hybridized carbons (Fsp3) is 0.0714. The summed E-state index contributed by atoms with van der Waals surface area (Å²) in [4.78, 5) is 9.10. The van der Waals surface area contributed by atoms with Crippen LogP contribution >= 0.6 is 27.8 Å². The maximum Gasteiger partial charge on any atom is 0.396 e. The van der Waals surface area contributed by atoms with Crippen LogP contribution in [0, 0.1) is 0 Å². The van der Waals surface area contributed by atoms with Gasteiger partial charge in [-0.2, -0.15) is 36.0 Å². The maximum atomic E-state index is 12.7. The van der Waals surface area contributed by atoms with E-state index in [4.69, 9.17) is 42.6 Å². The standard InChI is InChI=1S/C19H13F3N4O.C18H15Cl2P.C16H14N4O.C3H3F3O.B/c20-19(21,22)12-18-24-23-17-11-10-16(25-26(17)18)13-6-8-15(9-7-13)27-14-4-2-1-3-5-14;19-21(20,16-10-4-1-5-11-16,17-12-6-2-7-13-17)18-14-8-3-9-15-18;17-18-16-11-10-15(19-20-16)12-6-8-14(9-7-12)21-13-4-2-1-3-5-13;4-3(5,6)1-2-7;/h1-11H,12H2;1-15H;1-11H,17H2,(H,18,20);2H,1H2;. The first-order valence-electron chi connectivity index (χ1n) is 22.9. The third-order valence-electron chi connectivity index (χ3n) is 10.7. The van der Waals surface area contributed by atoms with E-state index in [0.717, 1.165) is 48.7 Å². The number of aromatic nitrogens is 6. The van der Waals surface area contributed by atoms with E-state index in [1.54, 1.807) is 42.5 Å². The molecule has 0 atom stereocenters. The van der Waals surface area contributed by atoms with E-state index in [1.165, 1.54) is 0 Å². The average molecular weight is 1100 g/mol. The van der Waals surface area contributed by atoms with Gasteiger partial charge in [-0.05, 0) is 97.1 Å². The minimum Gasteiger partial charge on any atom is -0.457 e. The van der Waals surface area contributed by atoms with E-state index in [0.29, 0.717) is 23.0 Å². The number of rotatable bonds is 12. The molecule has 10 rings (SSSR count). The van der Waals surface area contributed by atoms with Crippen molar-refractivity contribution < 1.29 is 40.6 Å². The second kappa shape index (κ2) is 26.6. The summed E-state index contributed by atoms with van der Waals surface area (Å²) in [5.41, 5.74) is 5.71. The van der Waals surface area contributed by atoms with Crippen molar-refractivity contribution in [3.8, 4) is 45.5 Å². The largest absolute Gasteiger partial charge is 0.457 e. The van der Waals surface area contributed by atoms with Crippen molar-refractivity contribution in [3.05, 3.63) is 230 Å². The first-order valence-corrected chi connectivity index (χ1v) is 26.9. The van der Waals surface area contributed by atoms with Gasteiger partial charge < -0.3 is 19.7 Å². The fourth-order valence-corrected chi connectivity index (χ4v) is 12.1. The number of benzene rings is 7. The predicted molar refractivity (Wildman–Crippen MR) is 294 cm³/mol. The van der Waals surface area contributed by atoms with Crippen LogP contribution in [0.15, 0.2) is 224 Å². The number of halogens is 8. The molecular formula is C56H45BCl2F6N8O3P. The zero-order valence-corrected chi connectivity index (χ0v) is 42.8. The van der Waals surface area contributed by atoms with Crippen LogP contribution in [0.2, 0.25) is 0 Å². The molecule has 0 spiro atoms. The normalized spacial score (nSPS) is 11.5. The number of alkyl halides is 6. The number of carbonyl (C=O) groups is 1. The number of anilines is 1. The second-order valence-corrected chi connectivity index (χ2v) is 24.1. The van der Waals surface area contributed by atoms with Gasteiger partial charge in [0.25, 0.3) is 0 Å². The third kappa shape index (κ3) is 16.2. The van der Waals surface area contributed by atoms with E-state index in [2.05, 4.69) is 30.9 Å². The van der Waals surface area contributed by atoms with Crippen molar-refractivity contribution >= 4 is 69.9 Å². The molecule has 10 aromatic rings. The minimum absolute atomic E-state index is 0. The van der Waals surface area contributed by atoms with Gasteiger partial charge in [0.15, 0.2) is 17.3 Å². The molecule has 391 valence electrons. The Balaban J connectivity index is 0.000000177. The number of hydrogen-bond donors (Lipinski definition) is 2. The van der Waals surface area contributed by atoms with Crippen LogP contribution in [-0.2, 0) is 11.2 Å². The number of hydrogen-bond acceptors (Lipinski definition) is 10. The number of nitrogen functional groups attached to an aromatic ring is 1. The van der Waals surface area contributed by atoms with Crippen LogP contribution < -0.4 is 36.7 Å². The smallest absolute Gasteiger partial charge is 0.396 e. The molecule has 0 bridgehead atoms. The molecule has 0 aliphatic heterocycles. The van der Waals surface area contributed by atoms with Crippen molar-refractivity contribution in [1.82, 2.24) is 30.0 Å². The van der Waals surface area contributed by atoms with Crippen molar-refractivity contribution in [1.29, 1.82) is 0 Å². The summed E-state index contributed by atoms with van der Waals surface area (Å²) in [5, 5.41) is 19.1. The molecule has 0 amide bonds. The molecule has 0 saturated carbocycles. The van der Waals surface area contributed by atoms with E-state index >= 15 is 0 Å². The third-order valence-corrected chi connectivity index (χ3v) is 17.8. The molecule has 3 aromatic heterocycles. The molecule has 0 unspecified atom stereocenters.